The maximum Gasteiger partial charge on any atom is 0.248 e. The Balaban J connectivity index is 0.00000200. The second kappa shape index (κ2) is 8.35. The molecule has 5 nitrogen and oxygen atoms in total. The van der Waals surface area contributed by atoms with E-state index in [0.29, 0.717) is 18.1 Å². The molecule has 110 valence electrons. The Hall–Kier alpha value is -0.960. The lowest BCUT2D eigenvalue weighted by atomic mass is 10.1. The fraction of sp³-hybridized carbons (Fsp3) is 0.385. The molecule has 1 saturated heterocycles. The van der Waals surface area contributed by atoms with Gasteiger partial charge in [0.2, 0.25) is 5.91 Å². The number of benzene rings is 1. The van der Waals surface area contributed by atoms with Crippen LogP contribution in [-0.2, 0) is 6.54 Å². The zero-order valence-electron chi connectivity index (χ0n) is 11.1. The van der Waals surface area contributed by atoms with Crippen LogP contribution in [0.15, 0.2) is 29.3 Å². The van der Waals surface area contributed by atoms with E-state index in [1.807, 2.05) is 17.8 Å². The molecule has 2 rings (SSSR count). The van der Waals surface area contributed by atoms with Crippen molar-refractivity contribution in [1.82, 2.24) is 4.90 Å². The van der Waals surface area contributed by atoms with E-state index < -0.39 is 5.91 Å². The van der Waals surface area contributed by atoms with Gasteiger partial charge in [0, 0.05) is 30.2 Å². The molecule has 1 aliphatic rings. The molecule has 0 atom stereocenters. The highest BCUT2D eigenvalue weighted by atomic mass is 127. The molecule has 0 aliphatic carbocycles. The molecule has 7 heteroatoms. The summed E-state index contributed by atoms with van der Waals surface area (Å²) in [5.74, 6) is 2.33. The first kappa shape index (κ1) is 17.1. The molecule has 20 heavy (non-hydrogen) atoms. The van der Waals surface area contributed by atoms with E-state index in [1.54, 1.807) is 18.2 Å². The van der Waals surface area contributed by atoms with E-state index in [-0.39, 0.29) is 24.0 Å². The van der Waals surface area contributed by atoms with Gasteiger partial charge in [0.1, 0.15) is 0 Å². The van der Waals surface area contributed by atoms with Gasteiger partial charge < -0.3 is 16.4 Å². The number of guanidine groups is 1. The summed E-state index contributed by atoms with van der Waals surface area (Å²) < 4.78 is 0. The minimum absolute atomic E-state index is 0. The highest BCUT2D eigenvalue weighted by molar-refractivity contribution is 14.0. The van der Waals surface area contributed by atoms with Crippen molar-refractivity contribution < 1.29 is 4.79 Å². The zero-order chi connectivity index (χ0) is 13.7. The van der Waals surface area contributed by atoms with Gasteiger partial charge in [0.15, 0.2) is 5.96 Å². The Kier molecular flexibility index (Phi) is 7.14. The molecule has 0 bridgehead atoms. The number of nitrogens with two attached hydrogens (primary N) is 2. The van der Waals surface area contributed by atoms with Crippen LogP contribution in [0.2, 0.25) is 0 Å². The van der Waals surface area contributed by atoms with Gasteiger partial charge in [-0.1, -0.05) is 12.1 Å². The molecule has 1 aromatic carbocycles. The van der Waals surface area contributed by atoms with Gasteiger partial charge in [-0.05, 0) is 17.7 Å². The monoisotopic (exact) mass is 406 g/mol. The summed E-state index contributed by atoms with van der Waals surface area (Å²) in [6.07, 6.45) is 0. The van der Waals surface area contributed by atoms with Gasteiger partial charge >= 0.3 is 0 Å². The number of carbonyl (C=O) groups excluding carboxylic acids is 1. The minimum Gasteiger partial charge on any atom is -0.370 e. The molecule has 1 heterocycles. The zero-order valence-corrected chi connectivity index (χ0v) is 14.3. The van der Waals surface area contributed by atoms with Gasteiger partial charge in [-0.25, -0.2) is 4.99 Å². The van der Waals surface area contributed by atoms with E-state index >= 15 is 0 Å². The van der Waals surface area contributed by atoms with Crippen LogP contribution >= 0.6 is 35.7 Å². The summed E-state index contributed by atoms with van der Waals surface area (Å²) >= 11 is 1.93. The Morgan fingerprint density at radius 3 is 2.65 bits per heavy atom. The van der Waals surface area contributed by atoms with Crippen molar-refractivity contribution in [2.45, 2.75) is 6.54 Å². The van der Waals surface area contributed by atoms with Crippen LogP contribution in [-0.4, -0.2) is 41.4 Å². The predicted molar refractivity (Wildman–Crippen MR) is 94.6 cm³/mol. The van der Waals surface area contributed by atoms with Crippen molar-refractivity contribution in [3.8, 4) is 0 Å². The topological polar surface area (TPSA) is 84.7 Å². The molecular weight excluding hydrogens is 387 g/mol. The molecule has 1 aromatic rings. The van der Waals surface area contributed by atoms with Crippen LogP contribution in [0, 0.1) is 0 Å². The van der Waals surface area contributed by atoms with E-state index in [0.717, 1.165) is 30.2 Å². The average Bonchev–Trinajstić information content (AvgIpc) is 2.46. The van der Waals surface area contributed by atoms with Crippen LogP contribution in [0.1, 0.15) is 15.9 Å². The number of halogens is 1. The van der Waals surface area contributed by atoms with E-state index in [9.17, 15) is 4.79 Å². The van der Waals surface area contributed by atoms with Gasteiger partial charge in [-0.3, -0.25) is 4.79 Å². The Morgan fingerprint density at radius 1 is 1.30 bits per heavy atom. The molecule has 0 radical (unpaired) electrons. The molecule has 0 aromatic heterocycles. The maximum absolute atomic E-state index is 11.1. The fourth-order valence-corrected chi connectivity index (χ4v) is 2.79. The SMILES string of the molecule is I.NC(=O)c1cccc(CN=C(N)N2CCSCC2)c1. The summed E-state index contributed by atoms with van der Waals surface area (Å²) in [5, 5.41) is 0. The normalized spacial score (nSPS) is 15.6. The molecule has 1 aliphatic heterocycles. The summed E-state index contributed by atoms with van der Waals surface area (Å²) in [5.41, 5.74) is 12.7. The van der Waals surface area contributed by atoms with Crippen molar-refractivity contribution in [3.05, 3.63) is 35.4 Å². The van der Waals surface area contributed by atoms with Crippen molar-refractivity contribution in [2.24, 2.45) is 16.5 Å². The number of hydrogen-bond acceptors (Lipinski definition) is 3. The molecule has 4 N–H and O–H groups in total. The standard InChI is InChI=1S/C13H18N4OS.HI/c14-12(18)11-3-1-2-10(8-11)9-16-13(15)17-4-6-19-7-5-17;/h1-3,8H,4-7,9H2,(H2,14,18)(H2,15,16);1H. The lowest BCUT2D eigenvalue weighted by molar-refractivity contribution is 0.1000. The second-order valence-electron chi connectivity index (χ2n) is 4.34. The Morgan fingerprint density at radius 2 is 2.00 bits per heavy atom. The van der Waals surface area contributed by atoms with Crippen LogP contribution in [0.25, 0.3) is 0 Å². The molecule has 1 fully saturated rings. The number of nitrogens with zero attached hydrogens (tertiary/aromatic N) is 2. The van der Waals surface area contributed by atoms with Gasteiger partial charge in [-0.15, -0.1) is 24.0 Å². The number of hydrogen-bond donors (Lipinski definition) is 2. The first-order valence-corrected chi connectivity index (χ1v) is 7.33. The number of aliphatic imine (C=N–C) groups is 1. The summed E-state index contributed by atoms with van der Waals surface area (Å²) in [4.78, 5) is 17.6. The minimum atomic E-state index is -0.424. The van der Waals surface area contributed by atoms with Gasteiger partial charge in [0.05, 0.1) is 6.54 Å². The third-order valence-corrected chi connectivity index (χ3v) is 3.91. The summed E-state index contributed by atoms with van der Waals surface area (Å²) in [6.45, 7) is 2.36. The summed E-state index contributed by atoms with van der Waals surface area (Å²) in [6, 6.07) is 7.17. The lowest BCUT2D eigenvalue weighted by Gasteiger charge is -2.27. The fourth-order valence-electron chi connectivity index (χ4n) is 1.89. The van der Waals surface area contributed by atoms with Gasteiger partial charge in [0.25, 0.3) is 0 Å². The molecule has 0 unspecified atom stereocenters. The smallest absolute Gasteiger partial charge is 0.248 e. The highest BCUT2D eigenvalue weighted by Gasteiger charge is 2.11. The quantitative estimate of drug-likeness (QED) is 0.450. The van der Waals surface area contributed by atoms with Crippen molar-refractivity contribution in [1.29, 1.82) is 0 Å². The largest absolute Gasteiger partial charge is 0.370 e. The maximum atomic E-state index is 11.1. The molecule has 0 spiro atoms. The number of rotatable bonds is 3. The van der Waals surface area contributed by atoms with Crippen molar-refractivity contribution in [2.75, 3.05) is 24.6 Å². The first-order chi connectivity index (χ1) is 9.16. The number of carbonyl (C=O) groups is 1. The van der Waals surface area contributed by atoms with Crippen molar-refractivity contribution in [3.63, 3.8) is 0 Å². The van der Waals surface area contributed by atoms with Crippen LogP contribution in [0.3, 0.4) is 0 Å². The molecule has 0 saturated carbocycles. The molecule has 1 amide bonds. The third-order valence-electron chi connectivity index (χ3n) is 2.97. The summed E-state index contributed by atoms with van der Waals surface area (Å²) in [7, 11) is 0. The van der Waals surface area contributed by atoms with Gasteiger partial charge in [-0.2, -0.15) is 11.8 Å². The van der Waals surface area contributed by atoms with Crippen LogP contribution in [0.4, 0.5) is 0 Å². The number of amides is 1. The van der Waals surface area contributed by atoms with E-state index in [2.05, 4.69) is 9.89 Å². The predicted octanol–water partition coefficient (Wildman–Crippen LogP) is 1.27. The Labute approximate surface area is 140 Å². The Bertz CT molecular complexity index is 489. The highest BCUT2D eigenvalue weighted by Crippen LogP contribution is 2.10. The van der Waals surface area contributed by atoms with E-state index in [1.165, 1.54) is 0 Å². The molecular formula is C13H19IN4OS. The van der Waals surface area contributed by atoms with E-state index in [4.69, 9.17) is 11.5 Å². The number of primary amides is 1. The van der Waals surface area contributed by atoms with Crippen molar-refractivity contribution >= 4 is 47.6 Å². The first-order valence-electron chi connectivity index (χ1n) is 6.18. The third kappa shape index (κ3) is 4.86. The lowest BCUT2D eigenvalue weighted by Crippen LogP contribution is -2.42. The van der Waals surface area contributed by atoms with Crippen LogP contribution in [0.5, 0.6) is 0 Å². The van der Waals surface area contributed by atoms with Crippen LogP contribution < -0.4 is 11.5 Å². The average molecular weight is 406 g/mol. The number of thioether (sulfide) groups is 1. The second-order valence-corrected chi connectivity index (χ2v) is 5.56.